The third kappa shape index (κ3) is 3.11. The molecular weight excluding hydrogens is 313 g/mol. The number of hydrogen-bond acceptors (Lipinski definition) is 7. The summed E-state index contributed by atoms with van der Waals surface area (Å²) < 4.78 is 22.8. The quantitative estimate of drug-likeness (QED) is 0.680. The van der Waals surface area contributed by atoms with Crippen LogP contribution in [0, 0.1) is 5.92 Å². The summed E-state index contributed by atoms with van der Waals surface area (Å²) in [5.41, 5.74) is 6.75. The molecule has 10 nitrogen and oxygen atoms in total. The number of nitrogens with zero attached hydrogens (tertiary/aromatic N) is 4. The second-order valence-electron chi connectivity index (χ2n) is 5.24. The van der Waals surface area contributed by atoms with Crippen LogP contribution in [0.2, 0.25) is 0 Å². The molecular formula is C11H16N5O5P. The van der Waals surface area contributed by atoms with Crippen LogP contribution in [-0.2, 0) is 13.8 Å². The van der Waals surface area contributed by atoms with Crippen molar-refractivity contribution in [3.8, 4) is 0 Å². The molecule has 3 atom stereocenters. The van der Waals surface area contributed by atoms with Gasteiger partial charge in [0.2, 0.25) is 5.95 Å². The number of nitrogen functional groups attached to an aromatic ring is 1. The van der Waals surface area contributed by atoms with E-state index in [2.05, 4.69) is 19.5 Å². The molecule has 1 aliphatic rings. The van der Waals surface area contributed by atoms with E-state index in [0.29, 0.717) is 17.6 Å². The van der Waals surface area contributed by atoms with Gasteiger partial charge in [-0.2, -0.15) is 4.98 Å². The highest BCUT2D eigenvalue weighted by Crippen LogP contribution is 2.40. The molecule has 0 bridgehead atoms. The largest absolute Gasteiger partial charge is 0.469 e. The predicted molar refractivity (Wildman–Crippen MR) is 75.4 cm³/mol. The molecule has 0 radical (unpaired) electrons. The lowest BCUT2D eigenvalue weighted by Crippen LogP contribution is -2.16. The van der Waals surface area contributed by atoms with Crippen LogP contribution in [0.4, 0.5) is 5.95 Å². The number of hydrogen-bond donors (Lipinski definition) is 3. The van der Waals surface area contributed by atoms with Gasteiger partial charge < -0.3 is 20.3 Å². The standard InChI is InChI=1S/C11H16N5O5P/c1-6-2-7(4-20-22(17,18)19)21-10(6)16-5-14-8-3-13-11(12)15-9(8)16/h3,5-7,10H,2,4H2,1H3,(H2,12,13,15)(H2,17,18,19)/t6?,7-,10+/m0/s1. The van der Waals surface area contributed by atoms with Crippen molar-refractivity contribution in [2.45, 2.75) is 25.7 Å². The summed E-state index contributed by atoms with van der Waals surface area (Å²) >= 11 is 0. The maximum absolute atomic E-state index is 10.8. The zero-order chi connectivity index (χ0) is 15.9. The average molecular weight is 329 g/mol. The van der Waals surface area contributed by atoms with Gasteiger partial charge in [0.25, 0.3) is 0 Å². The molecule has 2 aromatic rings. The van der Waals surface area contributed by atoms with E-state index in [-0.39, 0.29) is 24.7 Å². The molecule has 4 N–H and O–H groups in total. The molecule has 0 aromatic carbocycles. The molecule has 1 saturated heterocycles. The number of imidazole rings is 1. The van der Waals surface area contributed by atoms with Crippen molar-refractivity contribution >= 4 is 24.9 Å². The number of phosphoric ester groups is 1. The molecule has 2 aromatic heterocycles. The number of ether oxygens (including phenoxy) is 1. The lowest BCUT2D eigenvalue weighted by Gasteiger charge is -2.17. The topological polar surface area (TPSA) is 146 Å². The molecule has 1 aliphatic heterocycles. The maximum atomic E-state index is 10.8. The fourth-order valence-electron chi connectivity index (χ4n) is 2.57. The Balaban J connectivity index is 1.79. The van der Waals surface area contributed by atoms with E-state index >= 15 is 0 Å². The summed E-state index contributed by atoms with van der Waals surface area (Å²) in [4.78, 5) is 29.7. The van der Waals surface area contributed by atoms with Crippen LogP contribution in [0.25, 0.3) is 11.2 Å². The van der Waals surface area contributed by atoms with Gasteiger partial charge in [-0.3, -0.25) is 9.09 Å². The van der Waals surface area contributed by atoms with Gasteiger partial charge in [0.15, 0.2) is 5.65 Å². The van der Waals surface area contributed by atoms with E-state index in [1.807, 2.05) is 6.92 Å². The van der Waals surface area contributed by atoms with Gasteiger partial charge in [0.05, 0.1) is 25.2 Å². The molecule has 120 valence electrons. The average Bonchev–Trinajstić information content (AvgIpc) is 2.98. The summed E-state index contributed by atoms with van der Waals surface area (Å²) in [6.45, 7) is 1.80. The van der Waals surface area contributed by atoms with Crippen LogP contribution in [0.15, 0.2) is 12.5 Å². The lowest BCUT2D eigenvalue weighted by molar-refractivity contribution is -0.0290. The van der Waals surface area contributed by atoms with Crippen molar-refractivity contribution in [1.82, 2.24) is 19.5 Å². The molecule has 3 rings (SSSR count). The highest BCUT2D eigenvalue weighted by Gasteiger charge is 2.35. The Labute approximate surface area is 125 Å². The van der Waals surface area contributed by atoms with Crippen molar-refractivity contribution in [2.24, 2.45) is 5.92 Å². The van der Waals surface area contributed by atoms with E-state index in [1.54, 1.807) is 10.9 Å². The van der Waals surface area contributed by atoms with Crippen LogP contribution in [0.1, 0.15) is 19.6 Å². The zero-order valence-corrected chi connectivity index (χ0v) is 12.6. The number of phosphoric acid groups is 1. The predicted octanol–water partition coefficient (Wildman–Crippen LogP) is 0.441. The Morgan fingerprint density at radius 2 is 2.32 bits per heavy atom. The number of anilines is 1. The third-order valence-electron chi connectivity index (χ3n) is 3.49. The summed E-state index contributed by atoms with van der Waals surface area (Å²) in [6.07, 6.45) is 2.95. The van der Waals surface area contributed by atoms with E-state index in [0.717, 1.165) is 0 Å². The number of aromatic nitrogens is 4. The Hall–Kier alpha value is -1.58. The number of nitrogens with two attached hydrogens (primary N) is 1. The summed E-state index contributed by atoms with van der Waals surface area (Å²) in [7, 11) is -4.50. The van der Waals surface area contributed by atoms with Gasteiger partial charge in [-0.05, 0) is 6.42 Å². The van der Waals surface area contributed by atoms with Crippen molar-refractivity contribution in [2.75, 3.05) is 12.3 Å². The highest BCUT2D eigenvalue weighted by atomic mass is 31.2. The van der Waals surface area contributed by atoms with E-state index in [4.69, 9.17) is 20.3 Å². The zero-order valence-electron chi connectivity index (χ0n) is 11.7. The molecule has 0 amide bonds. The van der Waals surface area contributed by atoms with Gasteiger partial charge in [0, 0.05) is 5.92 Å². The molecule has 11 heteroatoms. The Morgan fingerprint density at radius 3 is 3.05 bits per heavy atom. The molecule has 22 heavy (non-hydrogen) atoms. The molecule has 0 saturated carbocycles. The van der Waals surface area contributed by atoms with Crippen molar-refractivity contribution in [1.29, 1.82) is 0 Å². The SMILES string of the molecule is CC1C[C@@H](COP(=O)(O)O)O[C@H]1n1cnc2cnc(N)nc21. The number of fused-ring (bicyclic) bond motifs is 1. The molecule has 0 spiro atoms. The normalized spacial score (nSPS) is 25.9. The first-order valence-electron chi connectivity index (χ1n) is 6.64. The minimum atomic E-state index is -4.50. The summed E-state index contributed by atoms with van der Waals surface area (Å²) in [5.74, 6) is 0.236. The first kappa shape index (κ1) is 15.3. The fraction of sp³-hybridized carbons (Fsp3) is 0.545. The van der Waals surface area contributed by atoms with Crippen LogP contribution in [-0.4, -0.2) is 42.0 Å². The van der Waals surface area contributed by atoms with Gasteiger partial charge >= 0.3 is 7.82 Å². The van der Waals surface area contributed by atoms with Crippen LogP contribution < -0.4 is 5.73 Å². The minimum absolute atomic E-state index is 0.0963. The van der Waals surface area contributed by atoms with E-state index < -0.39 is 13.9 Å². The van der Waals surface area contributed by atoms with Crippen LogP contribution in [0.5, 0.6) is 0 Å². The molecule has 1 fully saturated rings. The van der Waals surface area contributed by atoms with Crippen LogP contribution >= 0.6 is 7.82 Å². The van der Waals surface area contributed by atoms with Crippen molar-refractivity contribution < 1.29 is 23.6 Å². The fourth-order valence-corrected chi connectivity index (χ4v) is 2.93. The van der Waals surface area contributed by atoms with Gasteiger partial charge in [-0.15, -0.1) is 0 Å². The Kier molecular flexibility index (Phi) is 3.87. The second kappa shape index (κ2) is 5.56. The van der Waals surface area contributed by atoms with Crippen molar-refractivity contribution in [3.05, 3.63) is 12.5 Å². The maximum Gasteiger partial charge on any atom is 0.469 e. The summed E-state index contributed by atoms with van der Waals surface area (Å²) in [6, 6.07) is 0. The smallest absolute Gasteiger partial charge is 0.368 e. The van der Waals surface area contributed by atoms with E-state index in [9.17, 15) is 4.57 Å². The number of rotatable bonds is 4. The third-order valence-corrected chi connectivity index (χ3v) is 3.98. The van der Waals surface area contributed by atoms with Gasteiger partial charge in [-0.1, -0.05) is 6.92 Å². The van der Waals surface area contributed by atoms with Gasteiger partial charge in [-0.25, -0.2) is 14.5 Å². The van der Waals surface area contributed by atoms with E-state index in [1.165, 1.54) is 6.20 Å². The minimum Gasteiger partial charge on any atom is -0.368 e. The Morgan fingerprint density at radius 1 is 1.55 bits per heavy atom. The summed E-state index contributed by atoms with van der Waals surface area (Å²) in [5, 5.41) is 0. The monoisotopic (exact) mass is 329 g/mol. The first-order valence-corrected chi connectivity index (χ1v) is 8.17. The highest BCUT2D eigenvalue weighted by molar-refractivity contribution is 7.46. The van der Waals surface area contributed by atoms with Crippen molar-refractivity contribution in [3.63, 3.8) is 0 Å². The Bertz CT molecular complexity index is 731. The van der Waals surface area contributed by atoms with Gasteiger partial charge in [0.1, 0.15) is 11.7 Å². The van der Waals surface area contributed by atoms with Crippen LogP contribution in [0.3, 0.4) is 0 Å². The second-order valence-corrected chi connectivity index (χ2v) is 6.48. The lowest BCUT2D eigenvalue weighted by atomic mass is 10.1. The molecule has 3 heterocycles. The molecule has 1 unspecified atom stereocenters. The first-order chi connectivity index (χ1) is 10.3. The molecule has 0 aliphatic carbocycles.